The fourth-order valence-electron chi connectivity index (χ4n) is 2.28. The van der Waals surface area contributed by atoms with Gasteiger partial charge in [-0.1, -0.05) is 23.8 Å². The molecule has 1 aliphatic rings. The predicted molar refractivity (Wildman–Crippen MR) is 74.8 cm³/mol. The van der Waals surface area contributed by atoms with Crippen LogP contribution >= 0.6 is 0 Å². The molecule has 1 fully saturated rings. The molecule has 1 atom stereocenters. The van der Waals surface area contributed by atoms with Crippen LogP contribution in [-0.4, -0.2) is 32.3 Å². The zero-order chi connectivity index (χ0) is 12.8. The molecule has 2 N–H and O–H groups in total. The van der Waals surface area contributed by atoms with Gasteiger partial charge in [-0.25, -0.2) is 0 Å². The van der Waals surface area contributed by atoms with Gasteiger partial charge in [-0.05, 0) is 37.9 Å². The minimum atomic E-state index is 0.379. The first kappa shape index (κ1) is 13.5. The molecule has 3 nitrogen and oxygen atoms in total. The van der Waals surface area contributed by atoms with Gasteiger partial charge in [0.25, 0.3) is 0 Å². The quantitative estimate of drug-likeness (QED) is 0.779. The van der Waals surface area contributed by atoms with E-state index in [1.165, 1.54) is 16.7 Å². The van der Waals surface area contributed by atoms with Crippen molar-refractivity contribution in [1.29, 1.82) is 0 Å². The van der Waals surface area contributed by atoms with E-state index >= 15 is 0 Å². The van der Waals surface area contributed by atoms with Crippen LogP contribution in [-0.2, 0) is 11.3 Å². The molecule has 1 aliphatic heterocycles. The summed E-state index contributed by atoms with van der Waals surface area (Å²) in [6.45, 7) is 9.11. The Balaban J connectivity index is 1.69. The molecular weight excluding hydrogens is 224 g/mol. The molecule has 3 heteroatoms. The fourth-order valence-corrected chi connectivity index (χ4v) is 2.28. The molecule has 2 rings (SSSR count). The number of benzene rings is 1. The lowest BCUT2D eigenvalue weighted by atomic mass is 10.1. The average molecular weight is 248 g/mol. The molecule has 0 aliphatic carbocycles. The first-order valence-electron chi connectivity index (χ1n) is 6.85. The van der Waals surface area contributed by atoms with E-state index in [0.717, 1.165) is 39.2 Å². The van der Waals surface area contributed by atoms with Crippen LogP contribution < -0.4 is 10.6 Å². The van der Waals surface area contributed by atoms with Crippen molar-refractivity contribution in [3.8, 4) is 0 Å². The molecule has 1 aromatic carbocycles. The van der Waals surface area contributed by atoms with Gasteiger partial charge >= 0.3 is 0 Å². The van der Waals surface area contributed by atoms with Gasteiger partial charge in [-0.3, -0.25) is 0 Å². The lowest BCUT2D eigenvalue weighted by Crippen LogP contribution is -2.39. The summed E-state index contributed by atoms with van der Waals surface area (Å²) in [4.78, 5) is 0. The summed E-state index contributed by atoms with van der Waals surface area (Å²) < 4.78 is 5.67. The van der Waals surface area contributed by atoms with Crippen molar-refractivity contribution in [2.45, 2.75) is 32.9 Å². The van der Waals surface area contributed by atoms with Crippen molar-refractivity contribution in [3.63, 3.8) is 0 Å². The average Bonchev–Trinajstić information content (AvgIpc) is 2.40. The molecule has 1 heterocycles. The molecule has 0 spiro atoms. The predicted octanol–water partition coefficient (Wildman–Crippen LogP) is 1.77. The highest BCUT2D eigenvalue weighted by atomic mass is 16.5. The van der Waals surface area contributed by atoms with E-state index in [1.807, 2.05) is 0 Å². The van der Waals surface area contributed by atoms with E-state index in [2.05, 4.69) is 42.7 Å². The molecule has 0 aromatic heterocycles. The van der Waals surface area contributed by atoms with Gasteiger partial charge in [-0.15, -0.1) is 0 Å². The van der Waals surface area contributed by atoms with E-state index < -0.39 is 0 Å². The van der Waals surface area contributed by atoms with Crippen LogP contribution in [0.25, 0.3) is 0 Å². The third-order valence-electron chi connectivity index (χ3n) is 3.47. The Labute approximate surface area is 110 Å². The summed E-state index contributed by atoms with van der Waals surface area (Å²) >= 11 is 0. The Hall–Kier alpha value is -0.900. The SMILES string of the molecule is Cc1ccc(C)c(CNCCC2CNCCO2)c1. The number of hydrogen-bond acceptors (Lipinski definition) is 3. The van der Waals surface area contributed by atoms with Crippen molar-refractivity contribution >= 4 is 0 Å². The maximum Gasteiger partial charge on any atom is 0.0712 e. The number of rotatable bonds is 5. The van der Waals surface area contributed by atoms with Crippen LogP contribution in [0.3, 0.4) is 0 Å². The molecule has 0 radical (unpaired) electrons. The van der Waals surface area contributed by atoms with Crippen molar-refractivity contribution in [2.24, 2.45) is 0 Å². The van der Waals surface area contributed by atoms with Gasteiger partial charge in [0, 0.05) is 19.6 Å². The van der Waals surface area contributed by atoms with E-state index in [4.69, 9.17) is 4.74 Å². The molecule has 100 valence electrons. The Kier molecular flexibility index (Phi) is 5.17. The summed E-state index contributed by atoms with van der Waals surface area (Å²) in [6, 6.07) is 6.63. The zero-order valence-electron chi connectivity index (χ0n) is 11.5. The van der Waals surface area contributed by atoms with Gasteiger partial charge in [0.05, 0.1) is 12.7 Å². The molecule has 1 aromatic rings. The number of nitrogens with one attached hydrogen (secondary N) is 2. The Morgan fingerprint density at radius 3 is 3.06 bits per heavy atom. The number of hydrogen-bond donors (Lipinski definition) is 2. The summed E-state index contributed by atoms with van der Waals surface area (Å²) in [5.74, 6) is 0. The highest BCUT2D eigenvalue weighted by Crippen LogP contribution is 2.10. The summed E-state index contributed by atoms with van der Waals surface area (Å²) in [5.41, 5.74) is 4.10. The fraction of sp³-hybridized carbons (Fsp3) is 0.600. The van der Waals surface area contributed by atoms with Gasteiger partial charge < -0.3 is 15.4 Å². The molecular formula is C15H24N2O. The largest absolute Gasteiger partial charge is 0.376 e. The maximum absolute atomic E-state index is 5.67. The first-order chi connectivity index (χ1) is 8.75. The topological polar surface area (TPSA) is 33.3 Å². The van der Waals surface area contributed by atoms with Gasteiger partial charge in [0.15, 0.2) is 0 Å². The minimum absolute atomic E-state index is 0.379. The highest BCUT2D eigenvalue weighted by Gasteiger charge is 2.12. The van der Waals surface area contributed by atoms with Crippen molar-refractivity contribution in [1.82, 2.24) is 10.6 Å². The molecule has 0 saturated carbocycles. The summed E-state index contributed by atoms with van der Waals surface area (Å²) in [7, 11) is 0. The lowest BCUT2D eigenvalue weighted by molar-refractivity contribution is 0.0238. The van der Waals surface area contributed by atoms with Crippen molar-refractivity contribution < 1.29 is 4.74 Å². The third-order valence-corrected chi connectivity index (χ3v) is 3.47. The Morgan fingerprint density at radius 2 is 2.28 bits per heavy atom. The normalized spacial score (nSPS) is 20.0. The van der Waals surface area contributed by atoms with Crippen molar-refractivity contribution in [2.75, 3.05) is 26.2 Å². The van der Waals surface area contributed by atoms with Crippen LogP contribution in [0.15, 0.2) is 18.2 Å². The standard InChI is InChI=1S/C15H24N2O/c1-12-3-4-13(2)14(9-12)10-16-6-5-15-11-17-7-8-18-15/h3-4,9,15-17H,5-8,10-11H2,1-2H3. The van der Waals surface area contributed by atoms with Crippen LogP contribution in [0.4, 0.5) is 0 Å². The van der Waals surface area contributed by atoms with Crippen LogP contribution in [0, 0.1) is 13.8 Å². The monoisotopic (exact) mass is 248 g/mol. The molecule has 1 saturated heterocycles. The van der Waals surface area contributed by atoms with E-state index in [1.54, 1.807) is 0 Å². The molecule has 1 unspecified atom stereocenters. The Morgan fingerprint density at radius 1 is 1.39 bits per heavy atom. The van der Waals surface area contributed by atoms with E-state index in [0.29, 0.717) is 6.10 Å². The van der Waals surface area contributed by atoms with Crippen LogP contribution in [0.1, 0.15) is 23.1 Å². The third kappa shape index (κ3) is 4.09. The second-order valence-corrected chi connectivity index (χ2v) is 5.09. The second-order valence-electron chi connectivity index (χ2n) is 5.09. The number of morpholine rings is 1. The van der Waals surface area contributed by atoms with E-state index in [9.17, 15) is 0 Å². The molecule has 18 heavy (non-hydrogen) atoms. The van der Waals surface area contributed by atoms with Gasteiger partial charge in [0.2, 0.25) is 0 Å². The van der Waals surface area contributed by atoms with Crippen LogP contribution in [0.5, 0.6) is 0 Å². The Bertz CT molecular complexity index is 373. The first-order valence-corrected chi connectivity index (χ1v) is 6.85. The summed E-state index contributed by atoms with van der Waals surface area (Å²) in [6.07, 6.45) is 1.46. The molecule has 0 bridgehead atoms. The number of ether oxygens (including phenoxy) is 1. The number of aryl methyl sites for hydroxylation is 2. The lowest BCUT2D eigenvalue weighted by Gasteiger charge is -2.23. The second kappa shape index (κ2) is 6.88. The maximum atomic E-state index is 5.67. The van der Waals surface area contributed by atoms with Gasteiger partial charge in [-0.2, -0.15) is 0 Å². The summed E-state index contributed by atoms with van der Waals surface area (Å²) in [5, 5.41) is 6.87. The van der Waals surface area contributed by atoms with Crippen molar-refractivity contribution in [3.05, 3.63) is 34.9 Å². The van der Waals surface area contributed by atoms with Crippen LogP contribution in [0.2, 0.25) is 0 Å². The molecule has 0 amide bonds. The highest BCUT2D eigenvalue weighted by molar-refractivity contribution is 5.30. The zero-order valence-corrected chi connectivity index (χ0v) is 11.5. The van der Waals surface area contributed by atoms with Gasteiger partial charge in [0.1, 0.15) is 0 Å². The minimum Gasteiger partial charge on any atom is -0.376 e. The smallest absolute Gasteiger partial charge is 0.0712 e. The van der Waals surface area contributed by atoms with E-state index in [-0.39, 0.29) is 0 Å².